The van der Waals surface area contributed by atoms with Crippen molar-refractivity contribution in [3.8, 4) is 5.75 Å². The van der Waals surface area contributed by atoms with Gasteiger partial charge in [-0.2, -0.15) is 0 Å². The maximum Gasteiger partial charge on any atom is 0.124 e. The van der Waals surface area contributed by atoms with Crippen molar-refractivity contribution in [1.29, 1.82) is 0 Å². The molecule has 114 valence electrons. The van der Waals surface area contributed by atoms with Crippen LogP contribution in [0.1, 0.15) is 70.9 Å². The van der Waals surface area contributed by atoms with Crippen LogP contribution in [0.2, 0.25) is 0 Å². The summed E-state index contributed by atoms with van der Waals surface area (Å²) in [5, 5.41) is 3.57. The molecule has 0 aliphatic heterocycles. The van der Waals surface area contributed by atoms with E-state index in [1.165, 1.54) is 37.7 Å². The molecule has 1 rings (SSSR count). The van der Waals surface area contributed by atoms with Gasteiger partial charge < -0.3 is 10.1 Å². The Balaban J connectivity index is 2.45. The lowest BCUT2D eigenvalue weighted by Crippen LogP contribution is -2.20. The molecule has 0 saturated heterocycles. The second-order valence-corrected chi connectivity index (χ2v) is 5.48. The molecule has 1 atom stereocenters. The van der Waals surface area contributed by atoms with Crippen LogP contribution in [0.15, 0.2) is 24.3 Å². The topological polar surface area (TPSA) is 21.3 Å². The summed E-state index contributed by atoms with van der Waals surface area (Å²) < 4.78 is 5.97. The molecule has 0 aromatic heterocycles. The Morgan fingerprint density at radius 2 is 1.75 bits per heavy atom. The van der Waals surface area contributed by atoms with Crippen molar-refractivity contribution in [2.24, 2.45) is 0 Å². The van der Waals surface area contributed by atoms with E-state index in [-0.39, 0.29) is 0 Å². The molecule has 0 amide bonds. The lowest BCUT2D eigenvalue weighted by molar-refractivity contribution is 0.299. The average molecular weight is 277 g/mol. The van der Waals surface area contributed by atoms with Gasteiger partial charge in [-0.3, -0.25) is 0 Å². The summed E-state index contributed by atoms with van der Waals surface area (Å²) in [5.74, 6) is 1.04. The van der Waals surface area contributed by atoms with Crippen molar-refractivity contribution < 1.29 is 4.74 Å². The van der Waals surface area contributed by atoms with Crippen molar-refractivity contribution in [3.05, 3.63) is 29.8 Å². The van der Waals surface area contributed by atoms with Crippen molar-refractivity contribution in [2.75, 3.05) is 13.2 Å². The zero-order valence-corrected chi connectivity index (χ0v) is 13.5. The molecule has 0 aliphatic carbocycles. The fourth-order valence-electron chi connectivity index (χ4n) is 2.29. The molecule has 0 heterocycles. The number of nitrogens with one attached hydrogen (secondary N) is 1. The van der Waals surface area contributed by atoms with Crippen LogP contribution in [0, 0.1) is 0 Å². The highest BCUT2D eigenvalue weighted by Gasteiger charge is 2.10. The van der Waals surface area contributed by atoms with Crippen LogP contribution in [0.5, 0.6) is 5.75 Å². The van der Waals surface area contributed by atoms with Gasteiger partial charge in [0, 0.05) is 11.6 Å². The van der Waals surface area contributed by atoms with E-state index < -0.39 is 0 Å². The maximum absolute atomic E-state index is 5.97. The summed E-state index contributed by atoms with van der Waals surface area (Å²) in [6.07, 6.45) is 7.46. The number of unbranched alkanes of at least 4 members (excludes halogenated alkanes) is 4. The van der Waals surface area contributed by atoms with E-state index in [0.29, 0.717) is 6.04 Å². The Hall–Kier alpha value is -1.02. The van der Waals surface area contributed by atoms with Crippen molar-refractivity contribution >= 4 is 0 Å². The van der Waals surface area contributed by atoms with Gasteiger partial charge in [0.2, 0.25) is 0 Å². The molecule has 1 aromatic carbocycles. The fourth-order valence-corrected chi connectivity index (χ4v) is 2.29. The maximum atomic E-state index is 5.97. The van der Waals surface area contributed by atoms with Crippen molar-refractivity contribution in [3.63, 3.8) is 0 Å². The monoisotopic (exact) mass is 277 g/mol. The molecule has 0 aliphatic rings. The summed E-state index contributed by atoms with van der Waals surface area (Å²) in [7, 11) is 0. The van der Waals surface area contributed by atoms with Crippen LogP contribution >= 0.6 is 0 Å². The summed E-state index contributed by atoms with van der Waals surface area (Å²) >= 11 is 0. The molecule has 2 heteroatoms. The first-order valence-electron chi connectivity index (χ1n) is 8.24. The van der Waals surface area contributed by atoms with Gasteiger partial charge in [0.1, 0.15) is 5.75 Å². The van der Waals surface area contributed by atoms with Gasteiger partial charge in [-0.1, -0.05) is 57.7 Å². The van der Waals surface area contributed by atoms with Gasteiger partial charge in [-0.15, -0.1) is 0 Å². The van der Waals surface area contributed by atoms with Gasteiger partial charge >= 0.3 is 0 Å². The van der Waals surface area contributed by atoms with E-state index in [1.54, 1.807) is 0 Å². The number of hydrogen-bond donors (Lipinski definition) is 1. The standard InChI is InChI=1S/C18H31NO/c1-4-6-8-11-15-20-18-13-10-9-12-17(18)16(3)19-14-7-5-2/h9-10,12-13,16,19H,4-8,11,14-15H2,1-3H3. The van der Waals surface area contributed by atoms with E-state index in [0.717, 1.165) is 25.3 Å². The number of para-hydroxylation sites is 1. The molecule has 0 saturated carbocycles. The number of hydrogen-bond acceptors (Lipinski definition) is 2. The van der Waals surface area contributed by atoms with E-state index in [4.69, 9.17) is 4.74 Å². The van der Waals surface area contributed by atoms with Crippen LogP contribution < -0.4 is 10.1 Å². The van der Waals surface area contributed by atoms with Crippen LogP contribution in [0.4, 0.5) is 0 Å². The molecule has 2 nitrogen and oxygen atoms in total. The molecule has 0 fully saturated rings. The van der Waals surface area contributed by atoms with E-state index in [9.17, 15) is 0 Å². The molecular weight excluding hydrogens is 246 g/mol. The lowest BCUT2D eigenvalue weighted by atomic mass is 10.1. The molecule has 20 heavy (non-hydrogen) atoms. The van der Waals surface area contributed by atoms with Gasteiger partial charge in [0.05, 0.1) is 6.61 Å². The minimum atomic E-state index is 0.355. The first kappa shape index (κ1) is 17.0. The first-order valence-corrected chi connectivity index (χ1v) is 8.24. The SMILES string of the molecule is CCCCCCOc1ccccc1C(C)NCCCC. The normalized spacial score (nSPS) is 12.3. The van der Waals surface area contributed by atoms with Gasteiger partial charge in [0.15, 0.2) is 0 Å². The van der Waals surface area contributed by atoms with Crippen molar-refractivity contribution in [1.82, 2.24) is 5.32 Å². The predicted molar refractivity (Wildman–Crippen MR) is 87.4 cm³/mol. The lowest BCUT2D eigenvalue weighted by Gasteiger charge is -2.18. The smallest absolute Gasteiger partial charge is 0.124 e. The quantitative estimate of drug-likeness (QED) is 0.568. The van der Waals surface area contributed by atoms with Crippen LogP contribution in [-0.4, -0.2) is 13.2 Å². The Morgan fingerprint density at radius 1 is 1.00 bits per heavy atom. The minimum absolute atomic E-state index is 0.355. The summed E-state index contributed by atoms with van der Waals surface area (Å²) in [6, 6.07) is 8.77. The van der Waals surface area contributed by atoms with Crippen LogP contribution in [-0.2, 0) is 0 Å². The van der Waals surface area contributed by atoms with Crippen LogP contribution in [0.25, 0.3) is 0 Å². The third-order valence-electron chi connectivity index (χ3n) is 3.62. The highest BCUT2D eigenvalue weighted by molar-refractivity contribution is 5.35. The van der Waals surface area contributed by atoms with Crippen LogP contribution in [0.3, 0.4) is 0 Å². The summed E-state index contributed by atoms with van der Waals surface area (Å²) in [5.41, 5.74) is 1.28. The Bertz CT molecular complexity index is 351. The molecule has 0 bridgehead atoms. The zero-order chi connectivity index (χ0) is 14.6. The molecule has 1 aromatic rings. The summed E-state index contributed by atoms with van der Waals surface area (Å²) in [4.78, 5) is 0. The van der Waals surface area contributed by atoms with Crippen molar-refractivity contribution in [2.45, 2.75) is 65.3 Å². The molecule has 1 N–H and O–H groups in total. The first-order chi connectivity index (χ1) is 9.79. The van der Waals surface area contributed by atoms with Gasteiger partial charge in [0.25, 0.3) is 0 Å². The van der Waals surface area contributed by atoms with E-state index in [2.05, 4.69) is 50.4 Å². The third kappa shape index (κ3) is 6.42. The second-order valence-electron chi connectivity index (χ2n) is 5.48. The molecule has 1 unspecified atom stereocenters. The second kappa shape index (κ2) is 10.7. The third-order valence-corrected chi connectivity index (χ3v) is 3.62. The molecule has 0 radical (unpaired) electrons. The molecular formula is C18H31NO. The highest BCUT2D eigenvalue weighted by Crippen LogP contribution is 2.25. The Morgan fingerprint density at radius 3 is 2.50 bits per heavy atom. The fraction of sp³-hybridized carbons (Fsp3) is 0.667. The number of ether oxygens (including phenoxy) is 1. The van der Waals surface area contributed by atoms with E-state index in [1.807, 2.05) is 0 Å². The number of benzene rings is 1. The van der Waals surface area contributed by atoms with E-state index >= 15 is 0 Å². The number of rotatable bonds is 11. The minimum Gasteiger partial charge on any atom is -0.493 e. The largest absolute Gasteiger partial charge is 0.493 e. The van der Waals surface area contributed by atoms with Gasteiger partial charge in [-0.05, 0) is 32.4 Å². The highest BCUT2D eigenvalue weighted by atomic mass is 16.5. The predicted octanol–water partition coefficient (Wildman–Crippen LogP) is 5.10. The van der Waals surface area contributed by atoms with Gasteiger partial charge in [-0.25, -0.2) is 0 Å². The Labute approximate surface area is 124 Å². The Kier molecular flexibility index (Phi) is 9.14. The summed E-state index contributed by atoms with van der Waals surface area (Å²) in [6.45, 7) is 8.58. The average Bonchev–Trinajstić information content (AvgIpc) is 2.47. The molecule has 0 spiro atoms. The zero-order valence-electron chi connectivity index (χ0n) is 13.5.